The Labute approximate surface area is 165 Å². The predicted octanol–water partition coefficient (Wildman–Crippen LogP) is 3.81. The van der Waals surface area contributed by atoms with Gasteiger partial charge in [0.15, 0.2) is 0 Å². The van der Waals surface area contributed by atoms with Crippen LogP contribution in [0.3, 0.4) is 0 Å². The van der Waals surface area contributed by atoms with Crippen LogP contribution in [0.1, 0.15) is 22.8 Å². The lowest BCUT2D eigenvalue weighted by atomic mass is 10.2. The maximum absolute atomic E-state index is 12.5. The monoisotopic (exact) mass is 376 g/mol. The van der Waals surface area contributed by atoms with Crippen LogP contribution in [0.5, 0.6) is 5.75 Å². The van der Waals surface area contributed by atoms with Crippen molar-refractivity contribution >= 4 is 17.4 Å². The molecule has 0 fully saturated rings. The molecule has 0 aliphatic carbocycles. The fourth-order valence-electron chi connectivity index (χ4n) is 2.75. The molecule has 1 N–H and O–H groups in total. The summed E-state index contributed by atoms with van der Waals surface area (Å²) in [5.41, 5.74) is 2.37. The first kappa shape index (κ1) is 19.4. The van der Waals surface area contributed by atoms with Crippen LogP contribution in [0.25, 0.3) is 0 Å². The Bertz CT molecular complexity index is 898. The van der Waals surface area contributed by atoms with Gasteiger partial charge in [0.2, 0.25) is 0 Å². The van der Waals surface area contributed by atoms with Crippen LogP contribution in [0.15, 0.2) is 67.1 Å². The molecule has 0 spiro atoms. The third-order valence-electron chi connectivity index (χ3n) is 4.32. The Morgan fingerprint density at radius 1 is 1.11 bits per heavy atom. The van der Waals surface area contributed by atoms with E-state index in [1.807, 2.05) is 56.4 Å². The van der Waals surface area contributed by atoms with Crippen molar-refractivity contribution in [1.29, 1.82) is 0 Å². The first-order chi connectivity index (χ1) is 13.7. The minimum absolute atomic E-state index is 0.217. The second-order valence-corrected chi connectivity index (χ2v) is 6.32. The molecule has 6 heteroatoms. The molecule has 2 heterocycles. The Morgan fingerprint density at radius 3 is 2.61 bits per heavy atom. The Balaban J connectivity index is 1.61. The second kappa shape index (κ2) is 9.50. The minimum atomic E-state index is -0.217. The first-order valence-corrected chi connectivity index (χ1v) is 9.26. The number of hydrogen-bond donors (Lipinski definition) is 1. The maximum Gasteiger partial charge on any atom is 0.257 e. The van der Waals surface area contributed by atoms with E-state index in [0.717, 1.165) is 18.8 Å². The highest BCUT2D eigenvalue weighted by Gasteiger charge is 2.11. The van der Waals surface area contributed by atoms with Crippen LogP contribution in [0.2, 0.25) is 0 Å². The van der Waals surface area contributed by atoms with Gasteiger partial charge in [0.1, 0.15) is 11.6 Å². The molecule has 0 saturated heterocycles. The third-order valence-corrected chi connectivity index (χ3v) is 4.32. The van der Waals surface area contributed by atoms with Gasteiger partial charge >= 0.3 is 0 Å². The highest BCUT2D eigenvalue weighted by atomic mass is 16.5. The Hall–Kier alpha value is -3.41. The topological polar surface area (TPSA) is 67.3 Å². The van der Waals surface area contributed by atoms with Crippen molar-refractivity contribution in [1.82, 2.24) is 9.97 Å². The zero-order valence-corrected chi connectivity index (χ0v) is 16.1. The fourth-order valence-corrected chi connectivity index (χ4v) is 2.75. The molecule has 6 nitrogen and oxygen atoms in total. The molecule has 3 rings (SSSR count). The number of rotatable bonds is 8. The van der Waals surface area contributed by atoms with E-state index in [-0.39, 0.29) is 5.91 Å². The number of hydrogen-bond acceptors (Lipinski definition) is 5. The summed E-state index contributed by atoms with van der Waals surface area (Å²) in [5.74, 6) is 1.25. The lowest BCUT2D eigenvalue weighted by Crippen LogP contribution is -2.21. The molecular weight excluding hydrogens is 352 g/mol. The van der Waals surface area contributed by atoms with Crippen LogP contribution < -0.4 is 15.0 Å². The third kappa shape index (κ3) is 5.07. The average molecular weight is 376 g/mol. The lowest BCUT2D eigenvalue weighted by Gasteiger charge is -2.18. The van der Waals surface area contributed by atoms with Crippen LogP contribution in [0, 0.1) is 0 Å². The SMILES string of the molecule is CCOc1ccccc1NC(=O)c1ccc(N(C)CCc2ccncc2)nc1. The van der Waals surface area contributed by atoms with Gasteiger partial charge in [-0.05, 0) is 55.3 Å². The zero-order chi connectivity index (χ0) is 19.8. The molecule has 144 valence electrons. The van der Waals surface area contributed by atoms with Gasteiger partial charge in [-0.3, -0.25) is 9.78 Å². The predicted molar refractivity (Wildman–Crippen MR) is 111 cm³/mol. The molecule has 0 unspecified atom stereocenters. The summed E-state index contributed by atoms with van der Waals surface area (Å²) in [6.07, 6.45) is 6.09. The summed E-state index contributed by atoms with van der Waals surface area (Å²) in [7, 11) is 1.99. The summed E-state index contributed by atoms with van der Waals surface area (Å²) in [6, 6.07) is 15.0. The van der Waals surface area contributed by atoms with Crippen molar-refractivity contribution < 1.29 is 9.53 Å². The molecule has 0 radical (unpaired) electrons. The van der Waals surface area contributed by atoms with E-state index in [0.29, 0.717) is 23.6 Å². The Kier molecular flexibility index (Phi) is 6.57. The summed E-state index contributed by atoms with van der Waals surface area (Å²) in [4.78, 5) is 23.1. The van der Waals surface area contributed by atoms with E-state index in [1.54, 1.807) is 24.7 Å². The number of carbonyl (C=O) groups excluding carboxylic acids is 1. The number of aromatic nitrogens is 2. The number of nitrogens with zero attached hydrogens (tertiary/aromatic N) is 3. The van der Waals surface area contributed by atoms with Gasteiger partial charge in [-0.2, -0.15) is 0 Å². The number of likely N-dealkylation sites (N-methyl/N-ethyl adjacent to an activating group) is 1. The van der Waals surface area contributed by atoms with E-state index in [9.17, 15) is 4.79 Å². The van der Waals surface area contributed by atoms with Crippen molar-refractivity contribution in [3.63, 3.8) is 0 Å². The van der Waals surface area contributed by atoms with Crippen LogP contribution in [0.4, 0.5) is 11.5 Å². The van der Waals surface area contributed by atoms with Crippen molar-refractivity contribution in [2.45, 2.75) is 13.3 Å². The summed E-state index contributed by atoms with van der Waals surface area (Å²) >= 11 is 0. The normalized spacial score (nSPS) is 10.4. The van der Waals surface area contributed by atoms with E-state index in [2.05, 4.69) is 20.2 Å². The van der Waals surface area contributed by atoms with Gasteiger partial charge in [0.05, 0.1) is 17.9 Å². The number of carbonyl (C=O) groups is 1. The quantitative estimate of drug-likeness (QED) is 0.648. The number of para-hydroxylation sites is 2. The lowest BCUT2D eigenvalue weighted by molar-refractivity contribution is 0.102. The molecule has 0 saturated carbocycles. The van der Waals surface area contributed by atoms with Crippen LogP contribution >= 0.6 is 0 Å². The van der Waals surface area contributed by atoms with Gasteiger partial charge in [-0.25, -0.2) is 4.98 Å². The van der Waals surface area contributed by atoms with Crippen LogP contribution in [-0.2, 0) is 6.42 Å². The van der Waals surface area contributed by atoms with Crippen molar-refractivity contribution in [3.8, 4) is 5.75 Å². The molecule has 28 heavy (non-hydrogen) atoms. The second-order valence-electron chi connectivity index (χ2n) is 6.32. The summed E-state index contributed by atoms with van der Waals surface area (Å²) in [5, 5.41) is 2.88. The first-order valence-electron chi connectivity index (χ1n) is 9.26. The molecule has 3 aromatic rings. The molecule has 1 aromatic carbocycles. The number of amides is 1. The van der Waals surface area contributed by atoms with E-state index in [1.165, 1.54) is 5.56 Å². The highest BCUT2D eigenvalue weighted by Crippen LogP contribution is 2.24. The van der Waals surface area contributed by atoms with Gasteiger partial charge in [0.25, 0.3) is 5.91 Å². The summed E-state index contributed by atoms with van der Waals surface area (Å²) in [6.45, 7) is 3.27. The fraction of sp³-hybridized carbons (Fsp3) is 0.227. The van der Waals surface area contributed by atoms with Gasteiger partial charge < -0.3 is 15.0 Å². The van der Waals surface area contributed by atoms with Gasteiger partial charge in [-0.15, -0.1) is 0 Å². The number of anilines is 2. The van der Waals surface area contributed by atoms with E-state index >= 15 is 0 Å². The molecular formula is C22H24N4O2. The smallest absolute Gasteiger partial charge is 0.257 e. The standard InChI is InChI=1S/C22H24N4O2/c1-3-28-20-7-5-4-6-19(20)25-22(27)18-8-9-21(24-16-18)26(2)15-12-17-10-13-23-14-11-17/h4-11,13-14,16H,3,12,15H2,1-2H3,(H,25,27). The molecule has 2 aromatic heterocycles. The number of nitrogens with one attached hydrogen (secondary N) is 1. The summed E-state index contributed by atoms with van der Waals surface area (Å²) < 4.78 is 5.55. The van der Waals surface area contributed by atoms with Gasteiger partial charge in [0, 0.05) is 32.2 Å². The van der Waals surface area contributed by atoms with Crippen molar-refractivity contribution in [3.05, 3.63) is 78.2 Å². The maximum atomic E-state index is 12.5. The zero-order valence-electron chi connectivity index (χ0n) is 16.1. The average Bonchev–Trinajstić information content (AvgIpc) is 2.74. The highest BCUT2D eigenvalue weighted by molar-refractivity contribution is 6.04. The largest absolute Gasteiger partial charge is 0.492 e. The molecule has 1 amide bonds. The van der Waals surface area contributed by atoms with E-state index < -0.39 is 0 Å². The molecule has 0 aliphatic rings. The number of pyridine rings is 2. The molecule has 0 bridgehead atoms. The number of benzene rings is 1. The molecule has 0 aliphatic heterocycles. The van der Waals surface area contributed by atoms with Crippen LogP contribution in [-0.4, -0.2) is 36.1 Å². The van der Waals surface area contributed by atoms with Crippen molar-refractivity contribution in [2.75, 3.05) is 30.4 Å². The van der Waals surface area contributed by atoms with Gasteiger partial charge in [-0.1, -0.05) is 12.1 Å². The number of ether oxygens (including phenoxy) is 1. The molecule has 0 atom stereocenters. The van der Waals surface area contributed by atoms with E-state index in [4.69, 9.17) is 4.74 Å². The van der Waals surface area contributed by atoms with Crippen molar-refractivity contribution in [2.24, 2.45) is 0 Å². The minimum Gasteiger partial charge on any atom is -0.492 e. The Morgan fingerprint density at radius 2 is 1.89 bits per heavy atom.